The van der Waals surface area contributed by atoms with E-state index in [9.17, 15) is 24.0 Å². The van der Waals surface area contributed by atoms with E-state index in [1.165, 1.54) is 6.42 Å². The van der Waals surface area contributed by atoms with Gasteiger partial charge in [0.15, 0.2) is 0 Å². The Morgan fingerprint density at radius 3 is 2.27 bits per heavy atom. The number of carbonyl (C=O) groups is 5. The van der Waals surface area contributed by atoms with E-state index in [1.807, 2.05) is 39.0 Å². The Kier molecular flexibility index (Phi) is 11.6. The third kappa shape index (κ3) is 9.21. The van der Waals surface area contributed by atoms with Gasteiger partial charge in [0.2, 0.25) is 23.5 Å². The molecule has 48 heavy (non-hydrogen) atoms. The molecule has 1 saturated heterocycles. The molecule has 3 saturated carbocycles. The number of pyridine rings is 1. The molecular weight excluding hydrogens is 608 g/mol. The normalized spacial score (nSPS) is 24.1. The number of rotatable bonds is 14. The van der Waals surface area contributed by atoms with Crippen LogP contribution < -0.4 is 21.7 Å². The lowest BCUT2D eigenvalue weighted by Crippen LogP contribution is -2.60. The van der Waals surface area contributed by atoms with Gasteiger partial charge in [-0.15, -0.1) is 0 Å². The number of hydrogen-bond donors (Lipinski definition) is 4. The molecule has 4 fully saturated rings. The molecule has 0 radical (unpaired) electrons. The van der Waals surface area contributed by atoms with Crippen molar-refractivity contribution in [2.24, 2.45) is 28.9 Å². The molecule has 11 nitrogen and oxygen atoms in total. The first-order chi connectivity index (χ1) is 22.8. The SMILES string of the molecule is CC(C)(C)[C@H](NC(=O)CNC1(Cc2ccccn2)CCCCC1)C(=O)N1C[C@H](C2CCCC2)C[C@H]1C(=O)NC(CC1CC1)C(=O)C(N)=O. The first-order valence-corrected chi connectivity index (χ1v) is 18.2. The highest BCUT2D eigenvalue weighted by Gasteiger charge is 2.47. The van der Waals surface area contributed by atoms with E-state index in [0.29, 0.717) is 25.3 Å². The lowest BCUT2D eigenvalue weighted by molar-refractivity contribution is -0.145. The number of nitrogens with one attached hydrogen (secondary N) is 3. The van der Waals surface area contributed by atoms with Crippen molar-refractivity contribution in [3.8, 4) is 0 Å². The number of likely N-dealkylation sites (tertiary alicyclic amines) is 1. The third-order valence-electron chi connectivity index (χ3n) is 11.2. The van der Waals surface area contributed by atoms with Gasteiger partial charge in [0.05, 0.1) is 12.6 Å². The van der Waals surface area contributed by atoms with E-state index in [2.05, 4.69) is 20.9 Å². The topological polar surface area (TPSA) is 164 Å². The van der Waals surface area contributed by atoms with Crippen LogP contribution in [0.15, 0.2) is 24.4 Å². The van der Waals surface area contributed by atoms with Crippen LogP contribution in [0, 0.1) is 23.2 Å². The van der Waals surface area contributed by atoms with E-state index < -0.39 is 41.1 Å². The van der Waals surface area contributed by atoms with Gasteiger partial charge in [-0.1, -0.05) is 84.6 Å². The molecule has 1 aromatic rings. The Bertz CT molecular complexity index is 1310. The Balaban J connectivity index is 1.30. The molecule has 4 amide bonds. The fraction of sp³-hybridized carbons (Fsp3) is 0.730. The van der Waals surface area contributed by atoms with Crippen molar-refractivity contribution < 1.29 is 24.0 Å². The molecule has 3 aliphatic carbocycles. The average molecular weight is 665 g/mol. The number of Topliss-reactive ketones (excluding diaryl/α,β-unsaturated/α-hetero) is 1. The summed E-state index contributed by atoms with van der Waals surface area (Å²) in [5, 5.41) is 9.44. The van der Waals surface area contributed by atoms with Crippen LogP contribution in [0.2, 0.25) is 0 Å². The van der Waals surface area contributed by atoms with Crippen molar-refractivity contribution in [1.29, 1.82) is 0 Å². The molecule has 0 bridgehead atoms. The van der Waals surface area contributed by atoms with Crippen molar-refractivity contribution in [1.82, 2.24) is 25.8 Å². The highest BCUT2D eigenvalue weighted by molar-refractivity contribution is 6.37. The summed E-state index contributed by atoms with van der Waals surface area (Å²) in [6, 6.07) is 3.25. The quantitative estimate of drug-likeness (QED) is 0.222. The molecule has 4 atom stereocenters. The van der Waals surface area contributed by atoms with Crippen molar-refractivity contribution in [2.45, 2.75) is 134 Å². The van der Waals surface area contributed by atoms with Crippen LogP contribution in [0.1, 0.15) is 110 Å². The Morgan fingerprint density at radius 1 is 0.958 bits per heavy atom. The summed E-state index contributed by atoms with van der Waals surface area (Å²) in [6.45, 7) is 6.25. The molecule has 1 aromatic heterocycles. The zero-order valence-electron chi connectivity index (χ0n) is 29.1. The predicted octanol–water partition coefficient (Wildman–Crippen LogP) is 3.19. The molecule has 5 N–H and O–H groups in total. The number of hydrogen-bond acceptors (Lipinski definition) is 7. The second kappa shape index (κ2) is 15.5. The van der Waals surface area contributed by atoms with Gasteiger partial charge in [-0.25, -0.2) is 0 Å². The van der Waals surface area contributed by atoms with Gasteiger partial charge in [-0.05, 0) is 61.0 Å². The van der Waals surface area contributed by atoms with E-state index in [4.69, 9.17) is 5.73 Å². The summed E-state index contributed by atoms with van der Waals surface area (Å²) in [7, 11) is 0. The second-order valence-electron chi connectivity index (χ2n) is 16.1. The fourth-order valence-electron chi connectivity index (χ4n) is 8.28. The van der Waals surface area contributed by atoms with E-state index in [1.54, 1.807) is 11.1 Å². The van der Waals surface area contributed by atoms with E-state index >= 15 is 0 Å². The number of primary amides is 1. The standard InChI is InChI=1S/C37H56N6O5/c1-36(2,3)32(42-30(44)22-40-37(16-8-4-9-17-37)21-27-13-7-10-18-39-27)35(48)43-23-26(25-11-5-6-12-25)20-29(43)34(47)41-28(19-24-14-15-24)31(45)33(38)46/h7,10,13,18,24-26,28-29,32,40H,4-6,8-9,11-12,14-17,19-23H2,1-3H3,(H2,38,46)(H,41,47)(H,42,44)/t26-,28?,29+,32-/m1/s1. The van der Waals surface area contributed by atoms with E-state index in [-0.39, 0.29) is 35.7 Å². The molecule has 5 rings (SSSR count). The van der Waals surface area contributed by atoms with Gasteiger partial charge in [0.1, 0.15) is 12.1 Å². The molecule has 11 heteroatoms. The average Bonchev–Trinajstić information content (AvgIpc) is 3.50. The monoisotopic (exact) mass is 664 g/mol. The lowest BCUT2D eigenvalue weighted by Gasteiger charge is -2.39. The van der Waals surface area contributed by atoms with Crippen LogP contribution >= 0.6 is 0 Å². The summed E-state index contributed by atoms with van der Waals surface area (Å²) in [6.07, 6.45) is 14.9. The number of aromatic nitrogens is 1. The number of carbonyl (C=O) groups excluding carboxylic acids is 5. The van der Waals surface area contributed by atoms with Gasteiger partial charge in [0, 0.05) is 30.4 Å². The molecule has 4 aliphatic rings. The molecule has 2 heterocycles. The number of nitrogens with zero attached hydrogens (tertiary/aromatic N) is 2. The highest BCUT2D eigenvalue weighted by Crippen LogP contribution is 2.40. The van der Waals surface area contributed by atoms with Crippen LogP contribution in [-0.4, -0.2) is 76.0 Å². The number of ketones is 1. The summed E-state index contributed by atoms with van der Waals surface area (Å²) in [5.74, 6) is -2.01. The maximum Gasteiger partial charge on any atom is 0.287 e. The summed E-state index contributed by atoms with van der Waals surface area (Å²) in [5.41, 5.74) is 5.46. The fourth-order valence-corrected chi connectivity index (χ4v) is 8.28. The van der Waals surface area contributed by atoms with Gasteiger partial charge in [-0.3, -0.25) is 29.0 Å². The number of nitrogens with two attached hydrogens (primary N) is 1. The van der Waals surface area contributed by atoms with Gasteiger partial charge >= 0.3 is 0 Å². The maximum atomic E-state index is 14.5. The molecule has 1 aliphatic heterocycles. The minimum Gasteiger partial charge on any atom is -0.363 e. The predicted molar refractivity (Wildman–Crippen MR) is 182 cm³/mol. The molecule has 0 aromatic carbocycles. The lowest BCUT2D eigenvalue weighted by atomic mass is 9.78. The van der Waals surface area contributed by atoms with E-state index in [0.717, 1.165) is 76.3 Å². The van der Waals surface area contributed by atoms with Crippen LogP contribution in [0.25, 0.3) is 0 Å². The summed E-state index contributed by atoms with van der Waals surface area (Å²) >= 11 is 0. The smallest absolute Gasteiger partial charge is 0.287 e. The van der Waals surface area contributed by atoms with Crippen molar-refractivity contribution in [3.63, 3.8) is 0 Å². The van der Waals surface area contributed by atoms with Crippen molar-refractivity contribution >= 4 is 29.4 Å². The molecular formula is C37H56N6O5. The Morgan fingerprint density at radius 2 is 1.67 bits per heavy atom. The van der Waals surface area contributed by atoms with Crippen molar-refractivity contribution in [2.75, 3.05) is 13.1 Å². The minimum absolute atomic E-state index is 0.0688. The van der Waals surface area contributed by atoms with Crippen LogP contribution in [0.4, 0.5) is 0 Å². The first kappa shape index (κ1) is 36.0. The molecule has 0 spiro atoms. The van der Waals surface area contributed by atoms with Crippen LogP contribution in [0.5, 0.6) is 0 Å². The van der Waals surface area contributed by atoms with Gasteiger partial charge in [-0.2, -0.15) is 0 Å². The zero-order valence-corrected chi connectivity index (χ0v) is 29.1. The largest absolute Gasteiger partial charge is 0.363 e. The Hall–Kier alpha value is -3.34. The van der Waals surface area contributed by atoms with Crippen molar-refractivity contribution in [3.05, 3.63) is 30.1 Å². The summed E-state index contributed by atoms with van der Waals surface area (Å²) < 4.78 is 0. The molecule has 264 valence electrons. The minimum atomic E-state index is -1.07. The second-order valence-corrected chi connectivity index (χ2v) is 16.1. The van der Waals surface area contributed by atoms with Gasteiger partial charge in [0.25, 0.3) is 5.91 Å². The van der Waals surface area contributed by atoms with Crippen LogP contribution in [0.3, 0.4) is 0 Å². The van der Waals surface area contributed by atoms with Gasteiger partial charge < -0.3 is 26.6 Å². The third-order valence-corrected chi connectivity index (χ3v) is 11.2. The highest BCUT2D eigenvalue weighted by atomic mass is 16.2. The summed E-state index contributed by atoms with van der Waals surface area (Å²) in [4.78, 5) is 72.7. The zero-order chi connectivity index (χ0) is 34.5. The first-order valence-electron chi connectivity index (χ1n) is 18.2. The van der Waals surface area contributed by atoms with Crippen LogP contribution in [-0.2, 0) is 30.4 Å². The molecule has 1 unspecified atom stereocenters. The Labute approximate surface area is 285 Å². The maximum absolute atomic E-state index is 14.5. The number of amides is 4.